The van der Waals surface area contributed by atoms with Crippen LogP contribution in [0.15, 0.2) is 18.2 Å². The van der Waals surface area contributed by atoms with Crippen LogP contribution in [-0.2, 0) is 4.79 Å². The van der Waals surface area contributed by atoms with Gasteiger partial charge in [0.25, 0.3) is 5.91 Å². The van der Waals surface area contributed by atoms with Crippen LogP contribution in [0.1, 0.15) is 16.8 Å². The number of halogens is 4. The lowest BCUT2D eigenvalue weighted by atomic mass is 10.1. The fraction of sp³-hybridized carbons (Fsp3) is 0.273. The number of carboxylic acids is 1. The van der Waals surface area contributed by atoms with Crippen molar-refractivity contribution in [3.63, 3.8) is 0 Å². The molecule has 1 amide bonds. The van der Waals surface area contributed by atoms with Gasteiger partial charge in [-0.3, -0.25) is 4.79 Å². The van der Waals surface area contributed by atoms with Crippen LogP contribution in [0.5, 0.6) is 0 Å². The van der Waals surface area contributed by atoms with Crippen LogP contribution in [0.3, 0.4) is 0 Å². The first-order valence-electron chi connectivity index (χ1n) is 5.08. The van der Waals surface area contributed by atoms with E-state index in [-0.39, 0.29) is 5.02 Å². The summed E-state index contributed by atoms with van der Waals surface area (Å²) >= 11 is 5.48. The predicted octanol–water partition coefficient (Wildman–Crippen LogP) is 2.32. The summed E-state index contributed by atoms with van der Waals surface area (Å²) in [5.41, 5.74) is -0.468. The predicted molar refractivity (Wildman–Crippen MR) is 60.9 cm³/mol. The van der Waals surface area contributed by atoms with Crippen LogP contribution in [0.2, 0.25) is 5.02 Å². The number of hydrogen-bond acceptors (Lipinski definition) is 2. The highest BCUT2D eigenvalue weighted by molar-refractivity contribution is 6.30. The molecule has 0 heterocycles. The minimum absolute atomic E-state index is 0.0522. The van der Waals surface area contributed by atoms with Crippen molar-refractivity contribution in [1.82, 2.24) is 5.32 Å². The van der Waals surface area contributed by atoms with E-state index in [0.29, 0.717) is 0 Å². The van der Waals surface area contributed by atoms with E-state index in [1.54, 1.807) is 0 Å². The molecule has 2 N–H and O–H groups in total. The third-order valence-electron chi connectivity index (χ3n) is 2.19. The Hall–Kier alpha value is -1.76. The number of carbonyl (C=O) groups excluding carboxylic acids is 1. The maximum absolute atomic E-state index is 13.4. The van der Waals surface area contributed by atoms with E-state index in [2.05, 4.69) is 0 Å². The summed E-state index contributed by atoms with van der Waals surface area (Å²) in [6.45, 7) is 0. The van der Waals surface area contributed by atoms with Crippen molar-refractivity contribution in [3.8, 4) is 0 Å². The number of carbonyl (C=O) groups is 2. The topological polar surface area (TPSA) is 66.4 Å². The largest absolute Gasteiger partial charge is 0.480 e. The van der Waals surface area contributed by atoms with Gasteiger partial charge in [-0.1, -0.05) is 11.6 Å². The lowest BCUT2D eigenvalue weighted by Crippen LogP contribution is -2.42. The molecule has 0 bridgehead atoms. The number of hydrogen-bond donors (Lipinski definition) is 2. The van der Waals surface area contributed by atoms with Crippen molar-refractivity contribution >= 4 is 23.5 Å². The molecule has 0 aromatic heterocycles. The van der Waals surface area contributed by atoms with Crippen LogP contribution >= 0.6 is 11.6 Å². The van der Waals surface area contributed by atoms with E-state index in [4.69, 9.17) is 16.7 Å². The third-order valence-corrected chi connectivity index (χ3v) is 2.43. The zero-order valence-corrected chi connectivity index (χ0v) is 10.1. The lowest BCUT2D eigenvalue weighted by molar-refractivity contribution is -0.140. The molecule has 0 spiro atoms. The van der Waals surface area contributed by atoms with Gasteiger partial charge in [-0.15, -0.1) is 0 Å². The van der Waals surface area contributed by atoms with Crippen LogP contribution in [0.25, 0.3) is 0 Å². The molecule has 0 aliphatic rings. The third kappa shape index (κ3) is 4.44. The summed E-state index contributed by atoms with van der Waals surface area (Å²) in [4.78, 5) is 22.2. The average molecular weight is 296 g/mol. The summed E-state index contributed by atoms with van der Waals surface area (Å²) in [7, 11) is 0. The Morgan fingerprint density at radius 2 is 2.00 bits per heavy atom. The Morgan fingerprint density at radius 1 is 1.37 bits per heavy atom. The van der Waals surface area contributed by atoms with Crippen molar-refractivity contribution in [3.05, 3.63) is 34.6 Å². The van der Waals surface area contributed by atoms with Crippen LogP contribution < -0.4 is 5.32 Å². The zero-order valence-electron chi connectivity index (χ0n) is 9.37. The molecule has 0 radical (unpaired) electrons. The van der Waals surface area contributed by atoms with Crippen LogP contribution in [-0.4, -0.2) is 29.5 Å². The first-order valence-corrected chi connectivity index (χ1v) is 5.46. The van der Waals surface area contributed by atoms with Gasteiger partial charge in [0, 0.05) is 11.4 Å². The first kappa shape index (κ1) is 15.3. The van der Waals surface area contributed by atoms with Gasteiger partial charge in [-0.05, 0) is 18.2 Å². The Balaban J connectivity index is 2.84. The van der Waals surface area contributed by atoms with Gasteiger partial charge in [-0.25, -0.2) is 18.0 Å². The Kier molecular flexibility index (Phi) is 5.17. The minimum atomic E-state index is -2.91. The molecule has 1 atom stereocenters. The fourth-order valence-corrected chi connectivity index (χ4v) is 1.47. The number of aliphatic carboxylic acids is 1. The molecule has 0 saturated carbocycles. The molecule has 104 valence electrons. The molecule has 0 fully saturated rings. The molecular weight excluding hydrogens is 287 g/mol. The normalized spacial score (nSPS) is 12.3. The number of nitrogens with one attached hydrogen (secondary N) is 1. The molecule has 1 unspecified atom stereocenters. The molecule has 0 aliphatic carbocycles. The van der Waals surface area contributed by atoms with Gasteiger partial charge >= 0.3 is 5.97 Å². The van der Waals surface area contributed by atoms with E-state index in [0.717, 1.165) is 12.1 Å². The van der Waals surface area contributed by atoms with Gasteiger partial charge < -0.3 is 10.4 Å². The molecule has 0 saturated heterocycles. The van der Waals surface area contributed by atoms with Gasteiger partial charge in [0.2, 0.25) is 6.43 Å². The molecule has 1 aromatic carbocycles. The first-order chi connectivity index (χ1) is 8.81. The standard InChI is InChI=1S/C11H9ClF3NO3/c12-5-1-2-6(7(13)3-5)10(17)16-8(11(18)19)4-9(14)15/h1-3,8-9H,4H2,(H,16,17)(H,18,19). The van der Waals surface area contributed by atoms with Crippen molar-refractivity contribution in [2.75, 3.05) is 0 Å². The minimum Gasteiger partial charge on any atom is -0.480 e. The van der Waals surface area contributed by atoms with E-state index >= 15 is 0 Å². The Bertz CT molecular complexity index is 496. The molecule has 19 heavy (non-hydrogen) atoms. The quantitative estimate of drug-likeness (QED) is 0.876. The smallest absolute Gasteiger partial charge is 0.326 e. The Labute approximate surface area is 111 Å². The molecule has 0 aliphatic heterocycles. The monoisotopic (exact) mass is 295 g/mol. The highest BCUT2D eigenvalue weighted by atomic mass is 35.5. The van der Waals surface area contributed by atoms with Crippen molar-refractivity contribution in [1.29, 1.82) is 0 Å². The van der Waals surface area contributed by atoms with E-state index in [1.807, 2.05) is 5.32 Å². The molecule has 1 rings (SSSR count). The van der Waals surface area contributed by atoms with Crippen molar-refractivity contribution < 1.29 is 27.9 Å². The highest BCUT2D eigenvalue weighted by Gasteiger charge is 2.25. The number of amides is 1. The van der Waals surface area contributed by atoms with E-state index in [9.17, 15) is 22.8 Å². The number of alkyl halides is 2. The van der Waals surface area contributed by atoms with Gasteiger partial charge in [-0.2, -0.15) is 0 Å². The van der Waals surface area contributed by atoms with Gasteiger partial charge in [0.15, 0.2) is 0 Å². The summed E-state index contributed by atoms with van der Waals surface area (Å²) in [5, 5.41) is 10.5. The lowest BCUT2D eigenvalue weighted by Gasteiger charge is -2.14. The Morgan fingerprint density at radius 3 is 2.47 bits per heavy atom. The highest BCUT2D eigenvalue weighted by Crippen LogP contribution is 2.15. The van der Waals surface area contributed by atoms with Crippen molar-refractivity contribution in [2.24, 2.45) is 0 Å². The maximum atomic E-state index is 13.4. The summed E-state index contributed by atoms with van der Waals surface area (Å²) < 4.78 is 37.6. The second-order valence-corrected chi connectivity index (χ2v) is 4.05. The number of rotatable bonds is 5. The summed E-state index contributed by atoms with van der Waals surface area (Å²) in [6.07, 6.45) is -3.97. The molecular formula is C11H9ClF3NO3. The zero-order chi connectivity index (χ0) is 14.6. The van der Waals surface area contributed by atoms with Gasteiger partial charge in [0.1, 0.15) is 11.9 Å². The summed E-state index contributed by atoms with van der Waals surface area (Å²) in [5.74, 6) is -3.68. The SMILES string of the molecule is O=C(NC(CC(F)F)C(=O)O)c1ccc(Cl)cc1F. The van der Waals surface area contributed by atoms with Crippen LogP contribution in [0.4, 0.5) is 13.2 Å². The average Bonchev–Trinajstić information content (AvgIpc) is 2.26. The molecule has 1 aromatic rings. The van der Waals surface area contributed by atoms with E-state index < -0.39 is 42.1 Å². The second-order valence-electron chi connectivity index (χ2n) is 3.62. The second kappa shape index (κ2) is 6.42. The summed E-state index contributed by atoms with van der Waals surface area (Å²) in [6, 6.07) is 1.33. The maximum Gasteiger partial charge on any atom is 0.326 e. The van der Waals surface area contributed by atoms with Gasteiger partial charge in [0.05, 0.1) is 5.56 Å². The number of benzene rings is 1. The van der Waals surface area contributed by atoms with E-state index in [1.165, 1.54) is 6.07 Å². The fourth-order valence-electron chi connectivity index (χ4n) is 1.31. The molecule has 8 heteroatoms. The van der Waals surface area contributed by atoms with Crippen LogP contribution in [0, 0.1) is 5.82 Å². The number of carboxylic acid groups (broad SMARTS) is 1. The molecule has 4 nitrogen and oxygen atoms in total. The van der Waals surface area contributed by atoms with Crippen molar-refractivity contribution in [2.45, 2.75) is 18.9 Å².